The molecule has 1 N–H and O–H groups in total. The summed E-state index contributed by atoms with van der Waals surface area (Å²) >= 11 is 0. The van der Waals surface area contributed by atoms with E-state index in [9.17, 15) is 0 Å². The molecule has 7 heteroatoms. The standard InChI is InChI=1S/C19H22N6O/c1-13-2-3-15-16(10-13)23-17(22-15)14-11-25(12-14)19-18(20-4-5-21-19)24-6-8-26-9-7-24/h2-5,10,14H,6-9,11-12H2,1H3,(H,22,23). The number of H-pyrrole nitrogens is 1. The molecule has 0 unspecified atom stereocenters. The van der Waals surface area contributed by atoms with E-state index in [1.165, 1.54) is 5.56 Å². The fourth-order valence-corrected chi connectivity index (χ4v) is 3.71. The lowest BCUT2D eigenvalue weighted by atomic mass is 9.99. The first-order chi connectivity index (χ1) is 12.8. The van der Waals surface area contributed by atoms with Crippen LogP contribution in [0.15, 0.2) is 30.6 Å². The highest BCUT2D eigenvalue weighted by Gasteiger charge is 2.34. The van der Waals surface area contributed by atoms with Crippen molar-refractivity contribution in [2.24, 2.45) is 0 Å². The number of hydrogen-bond donors (Lipinski definition) is 1. The molecule has 0 amide bonds. The van der Waals surface area contributed by atoms with Crippen molar-refractivity contribution in [1.82, 2.24) is 19.9 Å². The molecule has 0 spiro atoms. The number of nitrogens with zero attached hydrogens (tertiary/aromatic N) is 5. The van der Waals surface area contributed by atoms with Gasteiger partial charge in [-0.25, -0.2) is 15.0 Å². The third kappa shape index (κ3) is 2.68. The molecule has 4 heterocycles. The lowest BCUT2D eigenvalue weighted by Crippen LogP contribution is -2.47. The lowest BCUT2D eigenvalue weighted by Gasteiger charge is -2.41. The Morgan fingerprint density at radius 1 is 1.04 bits per heavy atom. The molecule has 0 saturated carbocycles. The summed E-state index contributed by atoms with van der Waals surface area (Å²) < 4.78 is 5.46. The fraction of sp³-hybridized carbons (Fsp3) is 0.421. The first-order valence-corrected chi connectivity index (χ1v) is 9.13. The zero-order valence-electron chi connectivity index (χ0n) is 14.9. The molecule has 2 aliphatic rings. The second-order valence-corrected chi connectivity index (χ2v) is 7.05. The highest BCUT2D eigenvalue weighted by molar-refractivity contribution is 5.76. The smallest absolute Gasteiger partial charge is 0.172 e. The average molecular weight is 350 g/mol. The van der Waals surface area contributed by atoms with Gasteiger partial charge in [-0.1, -0.05) is 6.07 Å². The molecule has 26 heavy (non-hydrogen) atoms. The van der Waals surface area contributed by atoms with Gasteiger partial charge in [-0.2, -0.15) is 0 Å². The van der Waals surface area contributed by atoms with Gasteiger partial charge < -0.3 is 19.5 Å². The van der Waals surface area contributed by atoms with Gasteiger partial charge in [0, 0.05) is 38.6 Å². The number of hydrogen-bond acceptors (Lipinski definition) is 6. The molecule has 7 nitrogen and oxygen atoms in total. The number of benzene rings is 1. The third-order valence-corrected chi connectivity index (χ3v) is 5.19. The van der Waals surface area contributed by atoms with E-state index in [-0.39, 0.29) is 0 Å². The Bertz CT molecular complexity index is 927. The summed E-state index contributed by atoms with van der Waals surface area (Å²) in [5.41, 5.74) is 3.40. The fourth-order valence-electron chi connectivity index (χ4n) is 3.71. The minimum absolute atomic E-state index is 0.405. The number of rotatable bonds is 3. The van der Waals surface area contributed by atoms with Gasteiger partial charge in [-0.05, 0) is 24.6 Å². The second kappa shape index (κ2) is 6.25. The number of imidazole rings is 1. The van der Waals surface area contributed by atoms with Crippen LogP contribution in [0.1, 0.15) is 17.3 Å². The first-order valence-electron chi connectivity index (χ1n) is 9.13. The zero-order valence-corrected chi connectivity index (χ0v) is 14.9. The molecular formula is C19H22N6O. The molecule has 3 aromatic rings. The van der Waals surface area contributed by atoms with Gasteiger partial charge in [0.25, 0.3) is 0 Å². The minimum atomic E-state index is 0.405. The molecular weight excluding hydrogens is 328 g/mol. The Morgan fingerprint density at radius 2 is 1.77 bits per heavy atom. The molecule has 0 aliphatic carbocycles. The number of aromatic nitrogens is 4. The molecule has 2 aliphatic heterocycles. The predicted molar refractivity (Wildman–Crippen MR) is 101 cm³/mol. The Morgan fingerprint density at radius 3 is 2.54 bits per heavy atom. The molecule has 1 aromatic carbocycles. The van der Waals surface area contributed by atoms with Crippen molar-refractivity contribution in [2.45, 2.75) is 12.8 Å². The van der Waals surface area contributed by atoms with Crippen molar-refractivity contribution in [2.75, 3.05) is 49.2 Å². The third-order valence-electron chi connectivity index (χ3n) is 5.19. The van der Waals surface area contributed by atoms with E-state index in [4.69, 9.17) is 9.72 Å². The van der Waals surface area contributed by atoms with Crippen molar-refractivity contribution >= 4 is 22.7 Å². The molecule has 0 atom stereocenters. The SMILES string of the molecule is Cc1ccc2nc(C3CN(c4nccnc4N4CCOCC4)C3)[nH]c2c1. The van der Waals surface area contributed by atoms with E-state index >= 15 is 0 Å². The van der Waals surface area contributed by atoms with Crippen LogP contribution in [-0.4, -0.2) is 59.3 Å². The number of ether oxygens (including phenoxy) is 1. The summed E-state index contributed by atoms with van der Waals surface area (Å²) in [7, 11) is 0. The van der Waals surface area contributed by atoms with Gasteiger partial charge in [0.1, 0.15) is 5.82 Å². The predicted octanol–water partition coefficient (Wildman–Crippen LogP) is 2.10. The van der Waals surface area contributed by atoms with E-state index in [0.717, 1.165) is 67.9 Å². The lowest BCUT2D eigenvalue weighted by molar-refractivity contribution is 0.122. The summed E-state index contributed by atoms with van der Waals surface area (Å²) in [5.74, 6) is 3.41. The summed E-state index contributed by atoms with van der Waals surface area (Å²) in [6, 6.07) is 6.34. The van der Waals surface area contributed by atoms with E-state index in [2.05, 4.69) is 49.9 Å². The minimum Gasteiger partial charge on any atom is -0.378 e. The van der Waals surface area contributed by atoms with E-state index in [1.54, 1.807) is 12.4 Å². The number of aryl methyl sites for hydroxylation is 1. The van der Waals surface area contributed by atoms with Crippen LogP contribution >= 0.6 is 0 Å². The molecule has 2 saturated heterocycles. The Hall–Kier alpha value is -2.67. The summed E-state index contributed by atoms with van der Waals surface area (Å²) in [6.07, 6.45) is 3.55. The van der Waals surface area contributed by atoms with Gasteiger partial charge in [0.15, 0.2) is 11.6 Å². The largest absolute Gasteiger partial charge is 0.378 e. The van der Waals surface area contributed by atoms with Gasteiger partial charge in [-0.3, -0.25) is 0 Å². The first kappa shape index (κ1) is 15.6. The van der Waals surface area contributed by atoms with Crippen LogP contribution in [0, 0.1) is 6.92 Å². The second-order valence-electron chi connectivity index (χ2n) is 7.05. The summed E-state index contributed by atoms with van der Waals surface area (Å²) in [5, 5.41) is 0. The highest BCUT2D eigenvalue weighted by Crippen LogP contribution is 2.34. The van der Waals surface area contributed by atoms with E-state index < -0.39 is 0 Å². The zero-order chi connectivity index (χ0) is 17.5. The number of fused-ring (bicyclic) bond motifs is 1. The number of anilines is 2. The van der Waals surface area contributed by atoms with Gasteiger partial charge in [-0.15, -0.1) is 0 Å². The topological polar surface area (TPSA) is 70.2 Å². The van der Waals surface area contributed by atoms with Crippen LogP contribution in [-0.2, 0) is 4.74 Å². The number of aromatic amines is 1. The van der Waals surface area contributed by atoms with Crippen LogP contribution in [0.25, 0.3) is 11.0 Å². The van der Waals surface area contributed by atoms with Crippen molar-refractivity contribution < 1.29 is 4.74 Å². The maximum absolute atomic E-state index is 5.46. The molecule has 134 valence electrons. The average Bonchev–Trinajstić information content (AvgIpc) is 3.04. The van der Waals surface area contributed by atoms with Crippen LogP contribution in [0.5, 0.6) is 0 Å². The summed E-state index contributed by atoms with van der Waals surface area (Å²) in [4.78, 5) is 22.0. The van der Waals surface area contributed by atoms with Crippen molar-refractivity contribution in [3.05, 3.63) is 42.0 Å². The van der Waals surface area contributed by atoms with E-state index in [1.807, 2.05) is 0 Å². The Labute approximate surface area is 152 Å². The van der Waals surface area contributed by atoms with Gasteiger partial charge >= 0.3 is 0 Å². The molecule has 5 rings (SSSR count). The van der Waals surface area contributed by atoms with Crippen LogP contribution in [0.2, 0.25) is 0 Å². The monoisotopic (exact) mass is 350 g/mol. The van der Waals surface area contributed by atoms with Crippen molar-refractivity contribution in [1.29, 1.82) is 0 Å². The van der Waals surface area contributed by atoms with Crippen molar-refractivity contribution in [3.8, 4) is 0 Å². The highest BCUT2D eigenvalue weighted by atomic mass is 16.5. The van der Waals surface area contributed by atoms with Crippen molar-refractivity contribution in [3.63, 3.8) is 0 Å². The van der Waals surface area contributed by atoms with Crippen LogP contribution < -0.4 is 9.80 Å². The van der Waals surface area contributed by atoms with Crippen LogP contribution in [0.3, 0.4) is 0 Å². The maximum Gasteiger partial charge on any atom is 0.172 e. The normalized spacial score (nSPS) is 18.3. The quantitative estimate of drug-likeness (QED) is 0.780. The Kier molecular flexibility index (Phi) is 3.74. The molecule has 0 bridgehead atoms. The molecule has 2 aromatic heterocycles. The molecule has 2 fully saturated rings. The summed E-state index contributed by atoms with van der Waals surface area (Å²) in [6.45, 7) is 7.15. The number of nitrogens with one attached hydrogen (secondary N) is 1. The molecule has 0 radical (unpaired) electrons. The Balaban J connectivity index is 1.35. The van der Waals surface area contributed by atoms with Gasteiger partial charge in [0.05, 0.1) is 30.2 Å². The maximum atomic E-state index is 5.46. The van der Waals surface area contributed by atoms with Gasteiger partial charge in [0.2, 0.25) is 0 Å². The number of morpholine rings is 1. The van der Waals surface area contributed by atoms with E-state index in [0.29, 0.717) is 5.92 Å². The van der Waals surface area contributed by atoms with Crippen LogP contribution in [0.4, 0.5) is 11.6 Å².